The molecule has 2 aliphatic heterocycles. The standard InChI is InChI=1S/C9H14N2O4S/c12-5-1-7(9(14)15)11(2-5)8(13)6-3-16-4-10-6/h5-7,10,12H,1-4H2,(H,14,15)/t5-,6?,7-/m0/s1. The monoisotopic (exact) mass is 246 g/mol. The van der Waals surface area contributed by atoms with Crippen LogP contribution in [0, 0.1) is 0 Å². The Hall–Kier alpha value is -0.790. The summed E-state index contributed by atoms with van der Waals surface area (Å²) in [5.74, 6) is 0.118. The molecule has 2 rings (SSSR count). The fourth-order valence-corrected chi connectivity index (χ4v) is 2.98. The van der Waals surface area contributed by atoms with Crippen LogP contribution in [0.15, 0.2) is 0 Å². The van der Waals surface area contributed by atoms with E-state index in [0.717, 1.165) is 0 Å². The first-order valence-electron chi connectivity index (χ1n) is 5.12. The van der Waals surface area contributed by atoms with Gasteiger partial charge in [-0.1, -0.05) is 0 Å². The first kappa shape index (κ1) is 11.7. The highest BCUT2D eigenvalue weighted by Crippen LogP contribution is 2.21. The first-order valence-corrected chi connectivity index (χ1v) is 6.27. The van der Waals surface area contributed by atoms with Crippen LogP contribution in [-0.4, -0.2) is 63.4 Å². The number of aliphatic hydroxyl groups excluding tert-OH is 1. The zero-order valence-electron chi connectivity index (χ0n) is 8.63. The van der Waals surface area contributed by atoms with Gasteiger partial charge in [0.05, 0.1) is 12.1 Å². The summed E-state index contributed by atoms with van der Waals surface area (Å²) in [6.07, 6.45) is -0.597. The largest absolute Gasteiger partial charge is 0.480 e. The lowest BCUT2D eigenvalue weighted by atomic mass is 10.2. The number of rotatable bonds is 2. The summed E-state index contributed by atoms with van der Waals surface area (Å²) in [4.78, 5) is 24.2. The van der Waals surface area contributed by atoms with Crippen LogP contribution in [0.4, 0.5) is 0 Å². The Bertz CT molecular complexity index is 306. The van der Waals surface area contributed by atoms with E-state index in [2.05, 4.69) is 5.32 Å². The minimum absolute atomic E-state index is 0.124. The Morgan fingerprint density at radius 3 is 2.75 bits per heavy atom. The topological polar surface area (TPSA) is 89.9 Å². The number of aliphatic hydroxyl groups is 1. The zero-order chi connectivity index (χ0) is 11.7. The van der Waals surface area contributed by atoms with Crippen LogP contribution in [0.5, 0.6) is 0 Å². The normalized spacial score (nSPS) is 34.3. The number of nitrogens with one attached hydrogen (secondary N) is 1. The van der Waals surface area contributed by atoms with Gasteiger partial charge < -0.3 is 15.1 Å². The lowest BCUT2D eigenvalue weighted by Crippen LogP contribution is -2.49. The molecule has 7 heteroatoms. The van der Waals surface area contributed by atoms with Gasteiger partial charge in [0, 0.05) is 24.6 Å². The molecule has 2 saturated heterocycles. The molecule has 6 nitrogen and oxygen atoms in total. The quantitative estimate of drug-likeness (QED) is 0.561. The number of carboxylic acid groups (broad SMARTS) is 1. The van der Waals surface area contributed by atoms with Crippen LogP contribution in [0.3, 0.4) is 0 Å². The van der Waals surface area contributed by atoms with Gasteiger partial charge in [-0.3, -0.25) is 10.1 Å². The molecule has 0 aliphatic carbocycles. The number of carboxylic acids is 1. The van der Waals surface area contributed by atoms with Gasteiger partial charge >= 0.3 is 5.97 Å². The minimum atomic E-state index is -1.05. The Morgan fingerprint density at radius 1 is 1.44 bits per heavy atom. The lowest BCUT2D eigenvalue weighted by molar-refractivity contribution is -0.148. The highest BCUT2D eigenvalue weighted by molar-refractivity contribution is 7.99. The number of carbonyl (C=O) groups excluding carboxylic acids is 1. The van der Waals surface area contributed by atoms with Gasteiger partial charge in [0.15, 0.2) is 0 Å². The van der Waals surface area contributed by atoms with Gasteiger partial charge in [0.1, 0.15) is 6.04 Å². The van der Waals surface area contributed by atoms with Crippen LogP contribution in [0.2, 0.25) is 0 Å². The molecule has 0 bridgehead atoms. The third-order valence-corrected chi connectivity index (χ3v) is 3.80. The van der Waals surface area contributed by atoms with Gasteiger partial charge in [0.2, 0.25) is 5.91 Å². The summed E-state index contributed by atoms with van der Waals surface area (Å²) < 4.78 is 0. The van der Waals surface area contributed by atoms with Crippen molar-refractivity contribution in [3.63, 3.8) is 0 Å². The molecule has 0 aromatic rings. The molecule has 0 radical (unpaired) electrons. The van der Waals surface area contributed by atoms with Gasteiger partial charge in [-0.25, -0.2) is 4.79 Å². The highest BCUT2D eigenvalue weighted by Gasteiger charge is 2.41. The Balaban J connectivity index is 2.06. The van der Waals surface area contributed by atoms with E-state index in [1.165, 1.54) is 4.90 Å². The third kappa shape index (κ3) is 2.16. The average Bonchev–Trinajstić information content (AvgIpc) is 2.84. The third-order valence-electron chi connectivity index (χ3n) is 2.86. The van der Waals surface area contributed by atoms with E-state index in [4.69, 9.17) is 5.11 Å². The average molecular weight is 246 g/mol. The van der Waals surface area contributed by atoms with E-state index in [1.54, 1.807) is 11.8 Å². The van der Waals surface area contributed by atoms with Crippen molar-refractivity contribution in [1.82, 2.24) is 10.2 Å². The van der Waals surface area contributed by atoms with Crippen molar-refractivity contribution >= 4 is 23.6 Å². The second kappa shape index (κ2) is 4.60. The number of likely N-dealkylation sites (tertiary alicyclic amines) is 1. The Kier molecular flexibility index (Phi) is 3.36. The minimum Gasteiger partial charge on any atom is -0.480 e. The van der Waals surface area contributed by atoms with Crippen molar-refractivity contribution in [2.24, 2.45) is 0 Å². The predicted molar refractivity (Wildman–Crippen MR) is 58.0 cm³/mol. The maximum absolute atomic E-state index is 12.0. The summed E-state index contributed by atoms with van der Waals surface area (Å²) in [5, 5.41) is 21.4. The van der Waals surface area contributed by atoms with Crippen LogP contribution < -0.4 is 5.32 Å². The lowest BCUT2D eigenvalue weighted by Gasteiger charge is -2.24. The van der Waals surface area contributed by atoms with E-state index in [1.807, 2.05) is 0 Å². The zero-order valence-corrected chi connectivity index (χ0v) is 9.44. The van der Waals surface area contributed by atoms with Crippen molar-refractivity contribution in [3.05, 3.63) is 0 Å². The van der Waals surface area contributed by atoms with Crippen LogP contribution in [-0.2, 0) is 9.59 Å². The second-order valence-electron chi connectivity index (χ2n) is 4.01. The van der Waals surface area contributed by atoms with Crippen molar-refractivity contribution in [2.75, 3.05) is 18.2 Å². The number of thioether (sulfide) groups is 1. The number of β-amino-alcohol motifs (C(OH)–C–C–N with tert-alkyl or cyclic N) is 1. The summed E-state index contributed by atoms with van der Waals surface area (Å²) in [6, 6.07) is -1.19. The van der Waals surface area contributed by atoms with Crippen LogP contribution >= 0.6 is 11.8 Å². The molecule has 90 valence electrons. The molecule has 2 aliphatic rings. The van der Waals surface area contributed by atoms with Crippen LogP contribution in [0.25, 0.3) is 0 Å². The molecule has 2 fully saturated rings. The predicted octanol–water partition coefficient (Wildman–Crippen LogP) is -1.30. The fourth-order valence-electron chi connectivity index (χ4n) is 2.05. The van der Waals surface area contributed by atoms with E-state index >= 15 is 0 Å². The van der Waals surface area contributed by atoms with Crippen LogP contribution in [0.1, 0.15) is 6.42 Å². The summed E-state index contributed by atoms with van der Waals surface area (Å²) >= 11 is 1.61. The van der Waals surface area contributed by atoms with Gasteiger partial charge in [0.25, 0.3) is 0 Å². The van der Waals surface area contributed by atoms with Gasteiger partial charge in [-0.15, -0.1) is 11.8 Å². The number of hydrogen-bond donors (Lipinski definition) is 3. The number of aliphatic carboxylic acids is 1. The summed E-state index contributed by atoms with van der Waals surface area (Å²) in [6.45, 7) is 0.124. The number of nitrogens with zero attached hydrogens (tertiary/aromatic N) is 1. The molecule has 2 heterocycles. The molecule has 1 amide bonds. The molecule has 0 saturated carbocycles. The van der Waals surface area contributed by atoms with E-state index in [0.29, 0.717) is 11.6 Å². The Morgan fingerprint density at radius 2 is 2.19 bits per heavy atom. The van der Waals surface area contributed by atoms with E-state index < -0.39 is 18.1 Å². The molecule has 1 unspecified atom stereocenters. The van der Waals surface area contributed by atoms with Crippen molar-refractivity contribution in [2.45, 2.75) is 24.6 Å². The molecule has 3 N–H and O–H groups in total. The van der Waals surface area contributed by atoms with Crippen molar-refractivity contribution in [3.8, 4) is 0 Å². The van der Waals surface area contributed by atoms with Crippen molar-refractivity contribution in [1.29, 1.82) is 0 Å². The Labute approximate surface area is 97.0 Å². The molecule has 0 spiro atoms. The first-order chi connectivity index (χ1) is 7.59. The number of carbonyl (C=O) groups is 2. The SMILES string of the molecule is O=C(O)[C@@H]1C[C@H](O)CN1C(=O)C1CSCN1. The number of amides is 1. The molecule has 16 heavy (non-hydrogen) atoms. The molecule has 0 aromatic carbocycles. The molecule has 3 atom stereocenters. The van der Waals surface area contributed by atoms with Gasteiger partial charge in [-0.05, 0) is 0 Å². The molecular formula is C9H14N2O4S. The molecule has 0 aromatic heterocycles. The van der Waals surface area contributed by atoms with Crippen molar-refractivity contribution < 1.29 is 19.8 Å². The highest BCUT2D eigenvalue weighted by atomic mass is 32.2. The molecular weight excluding hydrogens is 232 g/mol. The summed E-state index contributed by atoms with van der Waals surface area (Å²) in [5.41, 5.74) is 0. The fraction of sp³-hybridized carbons (Fsp3) is 0.778. The number of hydrogen-bond acceptors (Lipinski definition) is 5. The van der Waals surface area contributed by atoms with E-state index in [-0.39, 0.29) is 24.9 Å². The smallest absolute Gasteiger partial charge is 0.326 e. The second-order valence-corrected chi connectivity index (χ2v) is 5.04. The van der Waals surface area contributed by atoms with Gasteiger partial charge in [-0.2, -0.15) is 0 Å². The van der Waals surface area contributed by atoms with E-state index in [9.17, 15) is 14.7 Å². The maximum atomic E-state index is 12.0. The summed E-state index contributed by atoms with van der Waals surface area (Å²) in [7, 11) is 0. The maximum Gasteiger partial charge on any atom is 0.326 e.